The van der Waals surface area contributed by atoms with E-state index in [0.29, 0.717) is 6.92 Å². The van der Waals surface area contributed by atoms with Gasteiger partial charge in [0.25, 0.3) is 0 Å². The number of carboxylic acid groups (broad SMARTS) is 1. The van der Waals surface area contributed by atoms with Crippen molar-refractivity contribution in [1.82, 2.24) is 9.97 Å². The largest absolute Gasteiger partial charge is 0.479 e. The van der Waals surface area contributed by atoms with Gasteiger partial charge in [0.05, 0.1) is 5.69 Å². The molecule has 0 aliphatic rings. The van der Waals surface area contributed by atoms with Crippen LogP contribution in [0.5, 0.6) is 0 Å². The second-order valence-electron chi connectivity index (χ2n) is 3.67. The molecule has 1 atom stereocenters. The SMILES string of the molecule is Cc1ncnc(NC(C)(C(=O)O)C(F)(F)F)c1F. The molecule has 100 valence electrons. The van der Waals surface area contributed by atoms with Gasteiger partial charge in [0.1, 0.15) is 6.33 Å². The Balaban J connectivity index is 3.21. The van der Waals surface area contributed by atoms with E-state index in [1.807, 2.05) is 0 Å². The van der Waals surface area contributed by atoms with E-state index in [1.54, 1.807) is 5.32 Å². The number of aliphatic carboxylic acids is 1. The lowest BCUT2D eigenvalue weighted by molar-refractivity contribution is -0.193. The van der Waals surface area contributed by atoms with Crippen molar-refractivity contribution in [2.24, 2.45) is 0 Å². The monoisotopic (exact) mass is 267 g/mol. The van der Waals surface area contributed by atoms with Gasteiger partial charge < -0.3 is 10.4 Å². The van der Waals surface area contributed by atoms with Crippen LogP contribution in [0.2, 0.25) is 0 Å². The molecule has 1 unspecified atom stereocenters. The second kappa shape index (κ2) is 4.39. The van der Waals surface area contributed by atoms with Gasteiger partial charge in [-0.25, -0.2) is 19.2 Å². The Morgan fingerprint density at radius 3 is 2.39 bits per heavy atom. The van der Waals surface area contributed by atoms with Crippen LogP contribution in [0.25, 0.3) is 0 Å². The number of hydrogen-bond acceptors (Lipinski definition) is 4. The van der Waals surface area contributed by atoms with Gasteiger partial charge in [0.2, 0.25) is 5.54 Å². The molecular formula is C9H9F4N3O2. The average molecular weight is 267 g/mol. The summed E-state index contributed by atoms with van der Waals surface area (Å²) in [5.74, 6) is -4.13. The third-order valence-electron chi connectivity index (χ3n) is 2.33. The van der Waals surface area contributed by atoms with Crippen molar-refractivity contribution in [3.05, 3.63) is 17.8 Å². The molecule has 0 bridgehead atoms. The van der Waals surface area contributed by atoms with Crippen molar-refractivity contribution in [2.45, 2.75) is 25.6 Å². The Labute approximate surface area is 98.9 Å². The zero-order valence-electron chi connectivity index (χ0n) is 9.34. The van der Waals surface area contributed by atoms with Gasteiger partial charge in [-0.1, -0.05) is 0 Å². The van der Waals surface area contributed by atoms with E-state index < -0.39 is 29.3 Å². The van der Waals surface area contributed by atoms with Gasteiger partial charge in [0, 0.05) is 0 Å². The van der Waals surface area contributed by atoms with Crippen molar-refractivity contribution in [2.75, 3.05) is 5.32 Å². The summed E-state index contributed by atoms with van der Waals surface area (Å²) in [6.45, 7) is 1.60. The molecule has 0 radical (unpaired) electrons. The van der Waals surface area contributed by atoms with Gasteiger partial charge in [-0.05, 0) is 13.8 Å². The molecule has 1 aromatic rings. The van der Waals surface area contributed by atoms with Crippen LogP contribution in [-0.2, 0) is 4.79 Å². The van der Waals surface area contributed by atoms with Crippen molar-refractivity contribution < 1.29 is 27.5 Å². The van der Waals surface area contributed by atoms with Gasteiger partial charge in [-0.15, -0.1) is 0 Å². The van der Waals surface area contributed by atoms with Crippen LogP contribution in [0.4, 0.5) is 23.4 Å². The summed E-state index contributed by atoms with van der Waals surface area (Å²) < 4.78 is 51.4. The highest BCUT2D eigenvalue weighted by molar-refractivity contribution is 5.83. The van der Waals surface area contributed by atoms with Crippen molar-refractivity contribution in [3.63, 3.8) is 0 Å². The molecule has 5 nitrogen and oxygen atoms in total. The summed E-state index contributed by atoms with van der Waals surface area (Å²) >= 11 is 0. The van der Waals surface area contributed by atoms with Crippen molar-refractivity contribution in [3.8, 4) is 0 Å². The van der Waals surface area contributed by atoms with Crippen LogP contribution in [0, 0.1) is 12.7 Å². The summed E-state index contributed by atoms with van der Waals surface area (Å²) in [6.07, 6.45) is -4.29. The number of carboxylic acids is 1. The summed E-state index contributed by atoms with van der Waals surface area (Å²) in [5.41, 5.74) is -3.53. The van der Waals surface area contributed by atoms with E-state index in [0.717, 1.165) is 6.33 Å². The lowest BCUT2D eigenvalue weighted by Gasteiger charge is -2.29. The first-order chi connectivity index (χ1) is 8.09. The van der Waals surface area contributed by atoms with E-state index in [-0.39, 0.29) is 5.69 Å². The number of anilines is 1. The fraction of sp³-hybridized carbons (Fsp3) is 0.444. The molecule has 2 N–H and O–H groups in total. The third-order valence-corrected chi connectivity index (χ3v) is 2.33. The lowest BCUT2D eigenvalue weighted by atomic mass is 10.0. The number of halogens is 4. The van der Waals surface area contributed by atoms with Gasteiger partial charge >= 0.3 is 12.1 Å². The Bertz CT molecular complexity index is 477. The zero-order valence-corrected chi connectivity index (χ0v) is 9.34. The van der Waals surface area contributed by atoms with Gasteiger partial charge in [0.15, 0.2) is 11.6 Å². The number of aromatic nitrogens is 2. The summed E-state index contributed by atoms with van der Waals surface area (Å²) in [4.78, 5) is 17.4. The second-order valence-corrected chi connectivity index (χ2v) is 3.67. The molecule has 0 spiro atoms. The summed E-state index contributed by atoms with van der Waals surface area (Å²) in [5, 5.41) is 10.2. The molecule has 0 saturated carbocycles. The number of rotatable bonds is 3. The minimum atomic E-state index is -5.12. The van der Waals surface area contributed by atoms with E-state index in [2.05, 4.69) is 9.97 Å². The van der Waals surface area contributed by atoms with Crippen molar-refractivity contribution in [1.29, 1.82) is 0 Å². The van der Waals surface area contributed by atoms with E-state index >= 15 is 0 Å². The van der Waals surface area contributed by atoms with E-state index in [1.165, 1.54) is 6.92 Å². The summed E-state index contributed by atoms with van der Waals surface area (Å²) in [7, 11) is 0. The predicted octanol–water partition coefficient (Wildman–Crippen LogP) is 1.74. The highest BCUT2D eigenvalue weighted by Crippen LogP contribution is 2.33. The summed E-state index contributed by atoms with van der Waals surface area (Å²) in [6, 6.07) is 0. The maximum absolute atomic E-state index is 13.4. The normalized spacial score (nSPS) is 15.0. The standard InChI is InChI=1S/C9H9F4N3O2/c1-4-5(10)6(15-3-14-4)16-8(2,7(17)18)9(11,12)13/h3H,1-2H3,(H,17,18)(H,14,15,16). The predicted molar refractivity (Wildman–Crippen MR) is 52.4 cm³/mol. The average Bonchev–Trinajstić information content (AvgIpc) is 2.22. The zero-order chi connectivity index (χ0) is 14.1. The lowest BCUT2D eigenvalue weighted by Crippen LogP contribution is -2.56. The molecule has 0 saturated heterocycles. The first-order valence-electron chi connectivity index (χ1n) is 4.65. The molecule has 1 rings (SSSR count). The maximum Gasteiger partial charge on any atom is 0.422 e. The smallest absolute Gasteiger partial charge is 0.422 e. The van der Waals surface area contributed by atoms with Crippen LogP contribution in [-0.4, -0.2) is 32.8 Å². The molecule has 0 aromatic carbocycles. The minimum absolute atomic E-state index is 0.192. The maximum atomic E-state index is 13.4. The minimum Gasteiger partial charge on any atom is -0.479 e. The van der Waals surface area contributed by atoms with Crippen molar-refractivity contribution >= 4 is 11.8 Å². The molecule has 9 heteroatoms. The highest BCUT2D eigenvalue weighted by Gasteiger charge is 2.58. The Hall–Kier alpha value is -1.93. The highest BCUT2D eigenvalue weighted by atomic mass is 19.4. The van der Waals surface area contributed by atoms with Crippen LogP contribution in [0.3, 0.4) is 0 Å². The van der Waals surface area contributed by atoms with E-state index in [9.17, 15) is 22.4 Å². The van der Waals surface area contributed by atoms with E-state index in [4.69, 9.17) is 5.11 Å². The molecule has 0 amide bonds. The molecule has 1 heterocycles. The molecule has 0 aliphatic heterocycles. The fourth-order valence-corrected chi connectivity index (χ4v) is 1.03. The molecular weight excluding hydrogens is 258 g/mol. The topological polar surface area (TPSA) is 75.1 Å². The Kier molecular flexibility index (Phi) is 3.45. The Morgan fingerprint density at radius 2 is 1.94 bits per heavy atom. The first kappa shape index (κ1) is 14.1. The number of carbonyl (C=O) groups is 1. The van der Waals surface area contributed by atoms with Gasteiger partial charge in [-0.3, -0.25) is 0 Å². The Morgan fingerprint density at radius 1 is 1.39 bits per heavy atom. The molecule has 1 aromatic heterocycles. The molecule has 0 aliphatic carbocycles. The number of nitrogens with one attached hydrogen (secondary N) is 1. The van der Waals surface area contributed by atoms with Crippen LogP contribution in [0.1, 0.15) is 12.6 Å². The molecule has 0 fully saturated rings. The fourth-order valence-electron chi connectivity index (χ4n) is 1.03. The first-order valence-corrected chi connectivity index (χ1v) is 4.65. The number of nitrogens with zero attached hydrogens (tertiary/aromatic N) is 2. The van der Waals surface area contributed by atoms with Gasteiger partial charge in [-0.2, -0.15) is 13.2 Å². The number of aryl methyl sites for hydroxylation is 1. The van der Waals surface area contributed by atoms with Crippen LogP contribution >= 0.6 is 0 Å². The number of hydrogen-bond donors (Lipinski definition) is 2. The third kappa shape index (κ3) is 2.34. The number of alkyl halides is 3. The van der Waals surface area contributed by atoms with Crippen LogP contribution < -0.4 is 5.32 Å². The van der Waals surface area contributed by atoms with Crippen LogP contribution in [0.15, 0.2) is 6.33 Å². The molecule has 18 heavy (non-hydrogen) atoms. The quantitative estimate of drug-likeness (QED) is 0.816.